The van der Waals surface area contributed by atoms with Crippen LogP contribution in [0, 0.1) is 0 Å². The van der Waals surface area contributed by atoms with Crippen LogP contribution < -0.4 is 0 Å². The second-order valence-corrected chi connectivity index (χ2v) is 6.44. The first-order valence-corrected chi connectivity index (χ1v) is 8.92. The molecular weight excluding hydrogens is 332 g/mol. The van der Waals surface area contributed by atoms with E-state index in [1.807, 2.05) is 54.7 Å². The molecule has 0 spiro atoms. The fraction of sp³-hybridized carbons (Fsp3) is 0. The first-order chi connectivity index (χ1) is 13.4. The highest BCUT2D eigenvalue weighted by Gasteiger charge is 2.07. The number of hydrogen-bond donors (Lipinski definition) is 3. The number of benzene rings is 3. The predicted molar refractivity (Wildman–Crippen MR) is 112 cm³/mol. The highest BCUT2D eigenvalue weighted by molar-refractivity contribution is 5.86. The summed E-state index contributed by atoms with van der Waals surface area (Å²) in [4.78, 5) is 14.4. The lowest BCUT2D eigenvalue weighted by molar-refractivity contribution is 1.29. The second kappa shape index (κ2) is 6.50. The number of H-pyrrole nitrogens is 3. The van der Waals surface area contributed by atoms with Gasteiger partial charge in [-0.15, -0.1) is 0 Å². The van der Waals surface area contributed by atoms with Crippen LogP contribution in [0.15, 0.2) is 91.1 Å². The van der Waals surface area contributed by atoms with Gasteiger partial charge in [-0.25, -0.2) is 4.98 Å². The van der Waals surface area contributed by atoms with Crippen molar-refractivity contribution in [3.05, 3.63) is 91.1 Å². The van der Waals surface area contributed by atoms with Gasteiger partial charge in [0.15, 0.2) is 5.82 Å². The summed E-state index contributed by atoms with van der Waals surface area (Å²) in [7, 11) is 0. The van der Waals surface area contributed by atoms with Gasteiger partial charge in [-0.1, -0.05) is 48.5 Å². The Hall–Kier alpha value is -3.79. The minimum Gasteiger partial charge on any atom is -0.361 e. The molecule has 0 saturated carbocycles. The molecule has 4 heteroatoms. The van der Waals surface area contributed by atoms with E-state index in [0.717, 1.165) is 28.1 Å². The molecule has 0 aliphatic rings. The molecule has 6 rings (SSSR count). The molecule has 0 amide bonds. The molecule has 0 atom stereocenters. The topological polar surface area (TPSA) is 60.3 Å². The van der Waals surface area contributed by atoms with Crippen LogP contribution in [-0.4, -0.2) is 19.9 Å². The molecule has 6 aromatic rings. The van der Waals surface area contributed by atoms with Gasteiger partial charge in [0.25, 0.3) is 0 Å². The van der Waals surface area contributed by atoms with Crippen molar-refractivity contribution < 1.29 is 0 Å². The molecule has 3 aromatic carbocycles. The average molecular weight is 350 g/mol. The van der Waals surface area contributed by atoms with Crippen molar-refractivity contribution in [3.8, 4) is 11.5 Å². The molecule has 3 aromatic heterocycles. The molecule has 0 aliphatic heterocycles. The summed E-state index contributed by atoms with van der Waals surface area (Å²) in [5.41, 5.74) is 5.41. The van der Waals surface area contributed by atoms with Gasteiger partial charge in [-0.2, -0.15) is 0 Å². The molecule has 4 nitrogen and oxygen atoms in total. The second-order valence-electron chi connectivity index (χ2n) is 6.44. The number of imidazole rings is 1. The summed E-state index contributed by atoms with van der Waals surface area (Å²) in [6.45, 7) is 0. The van der Waals surface area contributed by atoms with Crippen molar-refractivity contribution in [3.63, 3.8) is 0 Å². The lowest BCUT2D eigenvalue weighted by Gasteiger charge is -1.88. The molecular formula is C23H18N4. The summed E-state index contributed by atoms with van der Waals surface area (Å²) in [5.74, 6) is 0.882. The number of para-hydroxylation sites is 4. The Kier molecular flexibility index (Phi) is 3.72. The van der Waals surface area contributed by atoms with Crippen LogP contribution in [0.3, 0.4) is 0 Å². The van der Waals surface area contributed by atoms with Gasteiger partial charge in [0, 0.05) is 22.6 Å². The number of rotatable bonds is 1. The first kappa shape index (κ1) is 15.5. The summed E-state index contributed by atoms with van der Waals surface area (Å²) in [6, 6.07) is 28.7. The van der Waals surface area contributed by atoms with Crippen LogP contribution in [-0.2, 0) is 0 Å². The number of hydrogen-bond acceptors (Lipinski definition) is 1. The van der Waals surface area contributed by atoms with E-state index < -0.39 is 0 Å². The third kappa shape index (κ3) is 2.98. The summed E-state index contributed by atoms with van der Waals surface area (Å²) < 4.78 is 0. The highest BCUT2D eigenvalue weighted by atomic mass is 14.9. The Labute approximate surface area is 155 Å². The van der Waals surface area contributed by atoms with E-state index in [9.17, 15) is 0 Å². The zero-order valence-electron chi connectivity index (χ0n) is 14.6. The number of nitrogens with one attached hydrogen (secondary N) is 3. The minimum atomic E-state index is 0.882. The maximum atomic E-state index is 4.59. The molecule has 0 radical (unpaired) electrons. The van der Waals surface area contributed by atoms with Crippen molar-refractivity contribution in [2.45, 2.75) is 0 Å². The van der Waals surface area contributed by atoms with Gasteiger partial charge in [0.05, 0.1) is 16.7 Å². The van der Waals surface area contributed by atoms with E-state index in [2.05, 4.69) is 56.3 Å². The highest BCUT2D eigenvalue weighted by Crippen LogP contribution is 2.23. The van der Waals surface area contributed by atoms with E-state index in [0.29, 0.717) is 0 Å². The van der Waals surface area contributed by atoms with Crippen molar-refractivity contribution in [1.29, 1.82) is 0 Å². The van der Waals surface area contributed by atoms with E-state index in [-0.39, 0.29) is 0 Å². The minimum absolute atomic E-state index is 0.882. The third-order valence-corrected chi connectivity index (χ3v) is 4.64. The molecule has 0 aliphatic carbocycles. The van der Waals surface area contributed by atoms with Crippen LogP contribution in [0.2, 0.25) is 0 Å². The molecule has 0 fully saturated rings. The first-order valence-electron chi connectivity index (χ1n) is 8.92. The molecule has 3 heterocycles. The summed E-state index contributed by atoms with van der Waals surface area (Å²) in [6.07, 6.45) is 1.95. The van der Waals surface area contributed by atoms with E-state index in [1.54, 1.807) is 0 Å². The molecule has 27 heavy (non-hydrogen) atoms. The van der Waals surface area contributed by atoms with Crippen LogP contribution in [0.1, 0.15) is 0 Å². The number of aromatic amines is 3. The third-order valence-electron chi connectivity index (χ3n) is 4.64. The fourth-order valence-corrected chi connectivity index (χ4v) is 3.28. The van der Waals surface area contributed by atoms with Crippen molar-refractivity contribution in [2.75, 3.05) is 0 Å². The molecule has 0 saturated heterocycles. The Morgan fingerprint density at radius 1 is 0.593 bits per heavy atom. The van der Waals surface area contributed by atoms with Crippen molar-refractivity contribution in [1.82, 2.24) is 19.9 Å². The van der Waals surface area contributed by atoms with Crippen molar-refractivity contribution in [2.24, 2.45) is 0 Å². The number of aromatic nitrogens is 4. The van der Waals surface area contributed by atoms with Gasteiger partial charge in [-0.05, 0) is 41.8 Å². The molecule has 0 unspecified atom stereocenters. The lowest BCUT2D eigenvalue weighted by atomic mass is 10.2. The van der Waals surface area contributed by atoms with Gasteiger partial charge >= 0.3 is 0 Å². The van der Waals surface area contributed by atoms with Crippen LogP contribution in [0.5, 0.6) is 0 Å². The van der Waals surface area contributed by atoms with Crippen LogP contribution in [0.25, 0.3) is 44.4 Å². The van der Waals surface area contributed by atoms with Crippen LogP contribution in [0.4, 0.5) is 0 Å². The van der Waals surface area contributed by atoms with Gasteiger partial charge in [-0.3, -0.25) is 0 Å². The number of fused-ring (bicyclic) bond motifs is 3. The number of nitrogens with zero attached hydrogens (tertiary/aromatic N) is 1. The monoisotopic (exact) mass is 350 g/mol. The maximum Gasteiger partial charge on any atom is 0.155 e. The quantitative estimate of drug-likeness (QED) is 0.341. The van der Waals surface area contributed by atoms with E-state index >= 15 is 0 Å². The SMILES string of the molecule is c1ccc2[nH]c(-c3nc4ccccc4[nH]3)cc2c1.c1ccc2[nH]ccc2c1. The predicted octanol–water partition coefficient (Wildman–Crippen LogP) is 5.88. The molecule has 0 bridgehead atoms. The molecule has 3 N–H and O–H groups in total. The normalized spacial score (nSPS) is 11.0. The summed E-state index contributed by atoms with van der Waals surface area (Å²) in [5, 5.41) is 2.48. The van der Waals surface area contributed by atoms with Crippen LogP contribution >= 0.6 is 0 Å². The zero-order valence-corrected chi connectivity index (χ0v) is 14.6. The Balaban J connectivity index is 0.000000149. The zero-order chi connectivity index (χ0) is 18.1. The van der Waals surface area contributed by atoms with Gasteiger partial charge in [0.1, 0.15) is 0 Å². The Morgan fingerprint density at radius 2 is 1.30 bits per heavy atom. The smallest absolute Gasteiger partial charge is 0.155 e. The van der Waals surface area contributed by atoms with E-state index in [1.165, 1.54) is 16.3 Å². The van der Waals surface area contributed by atoms with Crippen molar-refractivity contribution >= 4 is 32.8 Å². The fourth-order valence-electron chi connectivity index (χ4n) is 3.28. The Bertz CT molecular complexity index is 1170. The largest absolute Gasteiger partial charge is 0.361 e. The lowest BCUT2D eigenvalue weighted by Crippen LogP contribution is -1.78. The van der Waals surface area contributed by atoms with Gasteiger partial charge < -0.3 is 15.0 Å². The summed E-state index contributed by atoms with van der Waals surface area (Å²) >= 11 is 0. The maximum absolute atomic E-state index is 4.59. The van der Waals surface area contributed by atoms with Gasteiger partial charge in [0.2, 0.25) is 0 Å². The molecule has 130 valence electrons. The standard InChI is InChI=1S/C15H11N3.C8H7N/c1-2-6-11-10(5-1)9-14(16-11)15-17-12-7-3-4-8-13(12)18-15;1-2-4-8-7(3-1)5-6-9-8/h1-9,16H,(H,17,18);1-6,9H. The average Bonchev–Trinajstić information content (AvgIpc) is 3.44. The van der Waals surface area contributed by atoms with E-state index in [4.69, 9.17) is 0 Å². The Morgan fingerprint density at radius 3 is 2.07 bits per heavy atom.